The third-order valence-corrected chi connectivity index (χ3v) is 4.39. The summed E-state index contributed by atoms with van der Waals surface area (Å²) in [6.07, 6.45) is 2.27. The molecule has 1 aliphatic heterocycles. The average Bonchev–Trinajstić information content (AvgIpc) is 2.60. The van der Waals surface area contributed by atoms with Crippen molar-refractivity contribution >= 4 is 11.8 Å². The van der Waals surface area contributed by atoms with Gasteiger partial charge >= 0.3 is 0 Å². The van der Waals surface area contributed by atoms with E-state index >= 15 is 0 Å². The van der Waals surface area contributed by atoms with Gasteiger partial charge in [0.05, 0.1) is 27.2 Å². The van der Waals surface area contributed by atoms with Crippen molar-refractivity contribution in [2.75, 3.05) is 33.9 Å². The summed E-state index contributed by atoms with van der Waals surface area (Å²) in [7, 11) is 3.12. The van der Waals surface area contributed by atoms with E-state index in [4.69, 9.17) is 9.47 Å². The Morgan fingerprint density at radius 2 is 1.83 bits per heavy atom. The lowest BCUT2D eigenvalue weighted by molar-refractivity contribution is -0.133. The first kappa shape index (κ1) is 18.1. The summed E-state index contributed by atoms with van der Waals surface area (Å²) in [6, 6.07) is 5.35. The number of benzene rings is 1. The molecule has 6 nitrogen and oxygen atoms in total. The van der Waals surface area contributed by atoms with Gasteiger partial charge < -0.3 is 19.7 Å². The molecule has 1 aliphatic rings. The van der Waals surface area contributed by atoms with Gasteiger partial charge in [0, 0.05) is 13.1 Å². The number of likely N-dealkylation sites (tertiary alicyclic amines) is 1. The molecule has 0 aliphatic carbocycles. The zero-order valence-electron chi connectivity index (χ0n) is 14.6. The zero-order valence-corrected chi connectivity index (χ0v) is 14.6. The monoisotopic (exact) mass is 334 g/mol. The molecule has 0 radical (unpaired) electrons. The number of carbonyl (C=O) groups is 2. The average molecular weight is 334 g/mol. The summed E-state index contributed by atoms with van der Waals surface area (Å²) in [5.41, 5.74) is 0.810. The van der Waals surface area contributed by atoms with Crippen LogP contribution in [0.1, 0.15) is 25.3 Å². The van der Waals surface area contributed by atoms with E-state index in [1.54, 1.807) is 26.4 Å². The maximum Gasteiger partial charge on any atom is 0.241 e. The fraction of sp³-hybridized carbons (Fsp3) is 0.556. The molecular weight excluding hydrogens is 308 g/mol. The Morgan fingerprint density at radius 3 is 2.46 bits per heavy atom. The maximum atomic E-state index is 12.1. The molecule has 1 fully saturated rings. The molecule has 24 heavy (non-hydrogen) atoms. The number of ether oxygens (including phenoxy) is 2. The van der Waals surface area contributed by atoms with Gasteiger partial charge in [-0.2, -0.15) is 0 Å². The van der Waals surface area contributed by atoms with Crippen LogP contribution in [-0.4, -0.2) is 50.6 Å². The second-order valence-electron chi connectivity index (χ2n) is 6.21. The van der Waals surface area contributed by atoms with E-state index in [1.165, 1.54) is 0 Å². The molecule has 0 saturated carbocycles. The number of hydrogen-bond donors (Lipinski definition) is 1. The lowest BCUT2D eigenvalue weighted by atomic mass is 9.99. The van der Waals surface area contributed by atoms with Gasteiger partial charge in [-0.1, -0.05) is 13.0 Å². The predicted octanol–water partition coefficient (Wildman–Crippen LogP) is 1.62. The Kier molecular flexibility index (Phi) is 6.46. The summed E-state index contributed by atoms with van der Waals surface area (Å²) >= 11 is 0. The van der Waals surface area contributed by atoms with Gasteiger partial charge in [-0.25, -0.2) is 0 Å². The fourth-order valence-corrected chi connectivity index (χ4v) is 2.78. The molecule has 6 heteroatoms. The third-order valence-electron chi connectivity index (χ3n) is 4.39. The van der Waals surface area contributed by atoms with Crippen LogP contribution in [0.4, 0.5) is 0 Å². The lowest BCUT2D eigenvalue weighted by Crippen LogP contribution is -2.44. The number of amides is 2. The highest BCUT2D eigenvalue weighted by Crippen LogP contribution is 2.27. The second kappa shape index (κ2) is 8.57. The van der Waals surface area contributed by atoms with Gasteiger partial charge in [-0.05, 0) is 36.5 Å². The molecule has 2 amide bonds. The van der Waals surface area contributed by atoms with Crippen LogP contribution in [0, 0.1) is 5.92 Å². The van der Waals surface area contributed by atoms with Crippen LogP contribution >= 0.6 is 0 Å². The number of nitrogens with zero attached hydrogens (tertiary/aromatic N) is 1. The van der Waals surface area contributed by atoms with Crippen molar-refractivity contribution in [1.82, 2.24) is 10.2 Å². The molecule has 0 aromatic heterocycles. The molecule has 0 bridgehead atoms. The van der Waals surface area contributed by atoms with E-state index in [0.717, 1.165) is 31.5 Å². The number of hydrogen-bond acceptors (Lipinski definition) is 4. The quantitative estimate of drug-likeness (QED) is 0.858. The summed E-state index contributed by atoms with van der Waals surface area (Å²) in [5, 5.41) is 2.70. The third kappa shape index (κ3) is 4.88. The Labute approximate surface area is 143 Å². The highest BCUT2D eigenvalue weighted by Gasteiger charge is 2.20. The van der Waals surface area contributed by atoms with Crippen molar-refractivity contribution < 1.29 is 19.1 Å². The van der Waals surface area contributed by atoms with Crippen LogP contribution in [-0.2, 0) is 16.0 Å². The number of rotatable bonds is 6. The number of piperidine rings is 1. The Bertz CT molecular complexity index is 580. The predicted molar refractivity (Wildman–Crippen MR) is 91.2 cm³/mol. The first-order chi connectivity index (χ1) is 11.5. The van der Waals surface area contributed by atoms with Crippen LogP contribution in [0.15, 0.2) is 18.2 Å². The summed E-state index contributed by atoms with van der Waals surface area (Å²) in [6.45, 7) is 3.82. The van der Waals surface area contributed by atoms with Crippen molar-refractivity contribution in [3.05, 3.63) is 23.8 Å². The molecular formula is C18H26N2O4. The standard InChI is InChI=1S/C18H26N2O4/c1-13-6-8-20(9-7-13)18(22)12-19-17(21)11-14-4-5-15(23-2)16(10-14)24-3/h4-5,10,13H,6-9,11-12H2,1-3H3,(H,19,21). The summed E-state index contributed by atoms with van der Waals surface area (Å²) < 4.78 is 10.4. The van der Waals surface area contributed by atoms with Crippen molar-refractivity contribution in [1.29, 1.82) is 0 Å². The van der Waals surface area contributed by atoms with Gasteiger partial charge in [-0.3, -0.25) is 9.59 Å². The molecule has 1 heterocycles. The Hall–Kier alpha value is -2.24. The van der Waals surface area contributed by atoms with Crippen LogP contribution in [0.25, 0.3) is 0 Å². The van der Waals surface area contributed by atoms with E-state index in [1.807, 2.05) is 11.0 Å². The van der Waals surface area contributed by atoms with Crippen molar-refractivity contribution in [2.45, 2.75) is 26.2 Å². The van der Waals surface area contributed by atoms with Crippen LogP contribution in [0.2, 0.25) is 0 Å². The van der Waals surface area contributed by atoms with E-state index in [0.29, 0.717) is 17.4 Å². The van der Waals surface area contributed by atoms with Crippen molar-refractivity contribution in [2.24, 2.45) is 5.92 Å². The van der Waals surface area contributed by atoms with E-state index in [-0.39, 0.29) is 24.8 Å². The molecule has 0 spiro atoms. The van der Waals surface area contributed by atoms with Crippen LogP contribution < -0.4 is 14.8 Å². The topological polar surface area (TPSA) is 67.9 Å². The van der Waals surface area contributed by atoms with Crippen molar-refractivity contribution in [3.63, 3.8) is 0 Å². The molecule has 2 rings (SSSR count). The summed E-state index contributed by atoms with van der Waals surface area (Å²) in [4.78, 5) is 26.0. The minimum absolute atomic E-state index is 0.0115. The Morgan fingerprint density at radius 1 is 1.17 bits per heavy atom. The fourth-order valence-electron chi connectivity index (χ4n) is 2.78. The number of carbonyl (C=O) groups excluding carboxylic acids is 2. The molecule has 1 aromatic carbocycles. The number of nitrogens with one attached hydrogen (secondary N) is 1. The van der Waals surface area contributed by atoms with Gasteiger partial charge in [0.15, 0.2) is 11.5 Å². The van der Waals surface area contributed by atoms with Crippen molar-refractivity contribution in [3.8, 4) is 11.5 Å². The highest BCUT2D eigenvalue weighted by molar-refractivity contribution is 5.85. The summed E-state index contributed by atoms with van der Waals surface area (Å²) in [5.74, 6) is 1.69. The molecule has 0 atom stereocenters. The smallest absolute Gasteiger partial charge is 0.241 e. The van der Waals surface area contributed by atoms with Gasteiger partial charge in [0.25, 0.3) is 0 Å². The maximum absolute atomic E-state index is 12.1. The first-order valence-electron chi connectivity index (χ1n) is 8.29. The van der Waals surface area contributed by atoms with Gasteiger partial charge in [0.1, 0.15) is 0 Å². The molecule has 0 unspecified atom stereocenters. The molecule has 1 aromatic rings. The van der Waals surface area contributed by atoms with Gasteiger partial charge in [-0.15, -0.1) is 0 Å². The van der Waals surface area contributed by atoms with E-state index in [2.05, 4.69) is 12.2 Å². The minimum atomic E-state index is -0.180. The number of methoxy groups -OCH3 is 2. The largest absolute Gasteiger partial charge is 0.493 e. The SMILES string of the molecule is COc1ccc(CC(=O)NCC(=O)N2CCC(C)CC2)cc1OC. The minimum Gasteiger partial charge on any atom is -0.493 e. The van der Waals surface area contributed by atoms with Crippen LogP contribution in [0.5, 0.6) is 11.5 Å². The van der Waals surface area contributed by atoms with E-state index < -0.39 is 0 Å². The Balaban J connectivity index is 1.82. The first-order valence-corrected chi connectivity index (χ1v) is 8.29. The zero-order chi connectivity index (χ0) is 17.5. The molecule has 1 saturated heterocycles. The highest BCUT2D eigenvalue weighted by atomic mass is 16.5. The molecule has 1 N–H and O–H groups in total. The normalized spacial score (nSPS) is 15.0. The second-order valence-corrected chi connectivity index (χ2v) is 6.21. The molecule has 132 valence electrons. The lowest BCUT2D eigenvalue weighted by Gasteiger charge is -2.30. The van der Waals surface area contributed by atoms with Crippen LogP contribution in [0.3, 0.4) is 0 Å². The van der Waals surface area contributed by atoms with Gasteiger partial charge in [0.2, 0.25) is 11.8 Å². The van der Waals surface area contributed by atoms with E-state index in [9.17, 15) is 9.59 Å².